The van der Waals surface area contributed by atoms with Crippen LogP contribution in [-0.2, 0) is 11.3 Å². The molecule has 0 saturated heterocycles. The van der Waals surface area contributed by atoms with Gasteiger partial charge in [0, 0.05) is 24.5 Å². The third kappa shape index (κ3) is 1.97. The number of carbonyl (C=O) groups excluding carboxylic acids is 1. The average Bonchev–Trinajstić information content (AvgIpc) is 2.89. The molecule has 2 aromatic rings. The molecule has 0 aliphatic carbocycles. The van der Waals surface area contributed by atoms with E-state index in [0.29, 0.717) is 12.4 Å². The summed E-state index contributed by atoms with van der Waals surface area (Å²) in [5, 5.41) is 8.48. The summed E-state index contributed by atoms with van der Waals surface area (Å²) in [5.41, 5.74) is 0.884. The van der Waals surface area contributed by atoms with Crippen LogP contribution in [0.2, 0.25) is 0 Å². The van der Waals surface area contributed by atoms with Gasteiger partial charge in [0.05, 0.1) is 6.54 Å². The smallest absolute Gasteiger partial charge is 0.245 e. The van der Waals surface area contributed by atoms with Gasteiger partial charge in [0.1, 0.15) is 6.04 Å². The highest BCUT2D eigenvalue weighted by molar-refractivity contribution is 5.82. The summed E-state index contributed by atoms with van der Waals surface area (Å²) in [5.74, 6) is 1.68. The van der Waals surface area contributed by atoms with Gasteiger partial charge in [-0.3, -0.25) is 14.3 Å². The summed E-state index contributed by atoms with van der Waals surface area (Å²) >= 11 is 0. The van der Waals surface area contributed by atoms with Crippen LogP contribution in [0.1, 0.15) is 32.1 Å². The lowest BCUT2D eigenvalue weighted by Gasteiger charge is -2.31. The van der Waals surface area contributed by atoms with Gasteiger partial charge in [-0.15, -0.1) is 10.2 Å². The van der Waals surface area contributed by atoms with E-state index >= 15 is 0 Å². The summed E-state index contributed by atoms with van der Waals surface area (Å²) in [4.78, 5) is 18.3. The predicted molar refractivity (Wildman–Crippen MR) is 73.7 cm³/mol. The van der Waals surface area contributed by atoms with Crippen LogP contribution in [0.5, 0.6) is 0 Å². The van der Waals surface area contributed by atoms with Crippen LogP contribution in [0.4, 0.5) is 0 Å². The van der Waals surface area contributed by atoms with Gasteiger partial charge in [-0.1, -0.05) is 6.92 Å². The molecule has 20 heavy (non-hydrogen) atoms. The molecule has 0 N–H and O–H groups in total. The van der Waals surface area contributed by atoms with Crippen LogP contribution in [-0.4, -0.2) is 37.1 Å². The van der Waals surface area contributed by atoms with Crippen molar-refractivity contribution in [2.45, 2.75) is 32.9 Å². The van der Waals surface area contributed by atoms with Gasteiger partial charge in [0.25, 0.3) is 0 Å². The highest BCUT2D eigenvalue weighted by Gasteiger charge is 2.32. The van der Waals surface area contributed by atoms with Gasteiger partial charge < -0.3 is 4.90 Å². The van der Waals surface area contributed by atoms with Crippen molar-refractivity contribution >= 4 is 5.91 Å². The Morgan fingerprint density at radius 2 is 2.25 bits per heavy atom. The number of hydrogen-bond acceptors (Lipinski definition) is 4. The molecular weight excluding hydrogens is 254 g/mol. The van der Waals surface area contributed by atoms with E-state index in [4.69, 9.17) is 0 Å². The second-order valence-electron chi connectivity index (χ2n) is 4.99. The summed E-state index contributed by atoms with van der Waals surface area (Å²) in [6.07, 6.45) is 4.41. The molecule has 0 fully saturated rings. The quantitative estimate of drug-likeness (QED) is 0.851. The van der Waals surface area contributed by atoms with Crippen molar-refractivity contribution in [1.29, 1.82) is 0 Å². The maximum atomic E-state index is 12.4. The summed E-state index contributed by atoms with van der Waals surface area (Å²) < 4.78 is 1.92. The minimum absolute atomic E-state index is 0.129. The van der Waals surface area contributed by atoms with Crippen molar-refractivity contribution < 1.29 is 4.79 Å². The van der Waals surface area contributed by atoms with Crippen LogP contribution >= 0.6 is 0 Å². The zero-order valence-corrected chi connectivity index (χ0v) is 11.7. The zero-order valence-electron chi connectivity index (χ0n) is 11.7. The van der Waals surface area contributed by atoms with Crippen LogP contribution in [0.25, 0.3) is 11.4 Å². The van der Waals surface area contributed by atoms with Gasteiger partial charge in [0.15, 0.2) is 11.6 Å². The number of fused-ring (bicyclic) bond motifs is 1. The van der Waals surface area contributed by atoms with Crippen molar-refractivity contribution in [1.82, 2.24) is 24.6 Å². The standard InChI is InChI=1S/C14H17N5O/c1-3-7-18-9-12-16-17-13(11-5-4-6-15-8-11)19(12)10(2)14(18)20/h4-6,8,10H,3,7,9H2,1-2H3/t10-/m1/s1. The lowest BCUT2D eigenvalue weighted by atomic mass is 10.1. The molecule has 1 atom stereocenters. The lowest BCUT2D eigenvalue weighted by molar-refractivity contribution is -0.136. The van der Waals surface area contributed by atoms with Gasteiger partial charge in [-0.25, -0.2) is 0 Å². The van der Waals surface area contributed by atoms with Crippen LogP contribution < -0.4 is 0 Å². The summed E-state index contributed by atoms with van der Waals surface area (Å²) in [6, 6.07) is 3.52. The Kier molecular flexibility index (Phi) is 3.22. The van der Waals surface area contributed by atoms with Crippen molar-refractivity contribution in [3.63, 3.8) is 0 Å². The number of rotatable bonds is 3. The van der Waals surface area contributed by atoms with E-state index in [1.165, 1.54) is 0 Å². The first-order valence-corrected chi connectivity index (χ1v) is 6.85. The topological polar surface area (TPSA) is 63.9 Å². The Bertz CT molecular complexity index is 622. The number of hydrogen-bond donors (Lipinski definition) is 0. The molecule has 0 saturated carbocycles. The fourth-order valence-electron chi connectivity index (χ4n) is 2.61. The molecule has 0 bridgehead atoms. The normalized spacial score (nSPS) is 18.2. The summed E-state index contributed by atoms with van der Waals surface area (Å²) in [6.45, 7) is 5.26. The molecule has 3 heterocycles. The molecule has 2 aromatic heterocycles. The second-order valence-corrected chi connectivity index (χ2v) is 4.99. The minimum Gasteiger partial charge on any atom is -0.333 e. The third-order valence-electron chi connectivity index (χ3n) is 3.57. The molecule has 1 amide bonds. The average molecular weight is 271 g/mol. The Labute approximate surface area is 117 Å². The molecule has 104 valence electrons. The molecule has 0 unspecified atom stereocenters. The van der Waals surface area contributed by atoms with E-state index in [1.807, 2.05) is 28.5 Å². The lowest BCUT2D eigenvalue weighted by Crippen LogP contribution is -2.42. The highest BCUT2D eigenvalue weighted by atomic mass is 16.2. The fraction of sp³-hybridized carbons (Fsp3) is 0.429. The molecular formula is C14H17N5O. The van der Waals surface area contributed by atoms with Crippen LogP contribution in [0, 0.1) is 0 Å². The molecule has 1 aliphatic rings. The first-order chi connectivity index (χ1) is 9.72. The van der Waals surface area contributed by atoms with E-state index in [0.717, 1.165) is 24.4 Å². The molecule has 0 spiro atoms. The zero-order chi connectivity index (χ0) is 14.1. The van der Waals surface area contributed by atoms with Crippen molar-refractivity contribution in [2.75, 3.05) is 6.54 Å². The first kappa shape index (κ1) is 12.8. The van der Waals surface area contributed by atoms with E-state index in [9.17, 15) is 4.79 Å². The predicted octanol–water partition coefficient (Wildman–Crippen LogP) is 1.65. The monoisotopic (exact) mass is 271 g/mol. The van der Waals surface area contributed by atoms with Crippen molar-refractivity contribution in [3.8, 4) is 11.4 Å². The Morgan fingerprint density at radius 3 is 2.95 bits per heavy atom. The number of carbonyl (C=O) groups is 1. The van der Waals surface area contributed by atoms with Gasteiger partial charge >= 0.3 is 0 Å². The molecule has 0 aromatic carbocycles. The Hall–Kier alpha value is -2.24. The van der Waals surface area contributed by atoms with E-state index < -0.39 is 0 Å². The van der Waals surface area contributed by atoms with E-state index in [1.54, 1.807) is 12.4 Å². The molecule has 6 heteroatoms. The summed E-state index contributed by atoms with van der Waals surface area (Å²) in [7, 11) is 0. The van der Waals surface area contributed by atoms with E-state index in [2.05, 4.69) is 22.1 Å². The van der Waals surface area contributed by atoms with Crippen LogP contribution in [0.15, 0.2) is 24.5 Å². The molecule has 1 aliphatic heterocycles. The van der Waals surface area contributed by atoms with Gasteiger partial charge in [0.2, 0.25) is 5.91 Å². The van der Waals surface area contributed by atoms with E-state index in [-0.39, 0.29) is 11.9 Å². The number of pyridine rings is 1. The molecule has 3 rings (SSSR count). The second kappa shape index (κ2) is 5.03. The first-order valence-electron chi connectivity index (χ1n) is 6.85. The minimum atomic E-state index is -0.268. The van der Waals surface area contributed by atoms with Gasteiger partial charge in [-0.05, 0) is 25.5 Å². The number of aromatic nitrogens is 4. The van der Waals surface area contributed by atoms with Crippen molar-refractivity contribution in [2.24, 2.45) is 0 Å². The highest BCUT2D eigenvalue weighted by Crippen LogP contribution is 2.27. The third-order valence-corrected chi connectivity index (χ3v) is 3.57. The SMILES string of the molecule is CCCN1Cc2nnc(-c3cccnc3)n2[C@H](C)C1=O. The molecule has 6 nitrogen and oxygen atoms in total. The Balaban J connectivity index is 2.03. The maximum absolute atomic E-state index is 12.4. The largest absolute Gasteiger partial charge is 0.333 e. The molecule has 0 radical (unpaired) electrons. The number of amides is 1. The van der Waals surface area contributed by atoms with Crippen molar-refractivity contribution in [3.05, 3.63) is 30.4 Å². The van der Waals surface area contributed by atoms with Crippen LogP contribution in [0.3, 0.4) is 0 Å². The number of nitrogens with zero attached hydrogens (tertiary/aromatic N) is 5. The Morgan fingerprint density at radius 1 is 1.40 bits per heavy atom. The maximum Gasteiger partial charge on any atom is 0.245 e. The fourth-order valence-corrected chi connectivity index (χ4v) is 2.61. The van der Waals surface area contributed by atoms with Gasteiger partial charge in [-0.2, -0.15) is 0 Å².